The maximum atomic E-state index is 12.9. The molecular formula is C22H25ClN2O3. The number of carbonyl (C=O) groups is 2. The summed E-state index contributed by atoms with van der Waals surface area (Å²) < 4.78 is 0. The zero-order valence-electron chi connectivity index (χ0n) is 15.9. The van der Waals surface area contributed by atoms with Gasteiger partial charge in [-0.05, 0) is 49.6 Å². The molecule has 5 nitrogen and oxygen atoms in total. The highest BCUT2D eigenvalue weighted by molar-refractivity contribution is 6.31. The first-order chi connectivity index (χ1) is 13.4. The average Bonchev–Trinajstić information content (AvgIpc) is 3.18. The van der Waals surface area contributed by atoms with Crippen molar-refractivity contribution in [1.29, 1.82) is 0 Å². The third-order valence-electron chi connectivity index (χ3n) is 5.19. The Balaban J connectivity index is 1.75. The predicted molar refractivity (Wildman–Crippen MR) is 111 cm³/mol. The molecule has 1 saturated carbocycles. The highest BCUT2D eigenvalue weighted by Crippen LogP contribution is 2.29. The number of halogens is 1. The van der Waals surface area contributed by atoms with E-state index in [4.69, 9.17) is 11.6 Å². The van der Waals surface area contributed by atoms with Gasteiger partial charge in [-0.15, -0.1) is 0 Å². The van der Waals surface area contributed by atoms with Crippen LogP contribution in [0.5, 0.6) is 5.75 Å². The predicted octanol–water partition coefficient (Wildman–Crippen LogP) is 4.67. The minimum absolute atomic E-state index is 0.0621. The fourth-order valence-corrected chi connectivity index (χ4v) is 3.78. The van der Waals surface area contributed by atoms with Gasteiger partial charge in [-0.2, -0.15) is 0 Å². The van der Waals surface area contributed by atoms with Crippen LogP contribution in [-0.2, 0) is 4.79 Å². The van der Waals surface area contributed by atoms with Gasteiger partial charge < -0.3 is 15.7 Å². The van der Waals surface area contributed by atoms with Crippen LogP contribution in [0.15, 0.2) is 42.5 Å². The Bertz CT molecular complexity index is 845. The van der Waals surface area contributed by atoms with E-state index in [1.807, 2.05) is 31.2 Å². The van der Waals surface area contributed by atoms with Crippen LogP contribution < -0.4 is 10.6 Å². The number of rotatable bonds is 6. The second kappa shape index (κ2) is 9.11. The highest BCUT2D eigenvalue weighted by Gasteiger charge is 2.27. The van der Waals surface area contributed by atoms with Crippen molar-refractivity contribution in [1.82, 2.24) is 5.32 Å². The third kappa shape index (κ3) is 5.26. The van der Waals surface area contributed by atoms with Gasteiger partial charge in [-0.1, -0.05) is 55.0 Å². The molecule has 0 aliphatic heterocycles. The molecule has 1 aliphatic carbocycles. The quantitative estimate of drug-likeness (QED) is 0.659. The summed E-state index contributed by atoms with van der Waals surface area (Å²) in [4.78, 5) is 25.6. The fourth-order valence-electron chi connectivity index (χ4n) is 3.60. The molecule has 0 spiro atoms. The van der Waals surface area contributed by atoms with Gasteiger partial charge in [0.25, 0.3) is 5.91 Å². The molecule has 3 rings (SSSR count). The number of phenolic OH excluding ortho intramolecular Hbond substituents is 1. The average molecular weight is 401 g/mol. The lowest BCUT2D eigenvalue weighted by Crippen LogP contribution is -2.44. The Hall–Kier alpha value is -2.53. The number of benzene rings is 2. The Morgan fingerprint density at radius 1 is 1.14 bits per heavy atom. The molecule has 0 unspecified atom stereocenters. The normalized spacial score (nSPS) is 15.2. The number of aryl methyl sites for hydroxylation is 1. The highest BCUT2D eigenvalue weighted by atomic mass is 35.5. The van der Waals surface area contributed by atoms with Gasteiger partial charge in [0, 0.05) is 10.7 Å². The van der Waals surface area contributed by atoms with Crippen molar-refractivity contribution < 1.29 is 14.7 Å². The van der Waals surface area contributed by atoms with Crippen LogP contribution in [0.2, 0.25) is 5.02 Å². The number of carbonyl (C=O) groups excluding carboxylic acids is 2. The van der Waals surface area contributed by atoms with Crippen LogP contribution in [0.25, 0.3) is 0 Å². The molecule has 0 radical (unpaired) electrons. The standard InChI is InChI=1S/C22H25ClN2O3/c1-14-6-9-17(10-7-14)24-22(28)19(12-15-4-2-3-5-15)25-21(27)18-13-16(23)8-11-20(18)26/h6-11,13,15,19,26H,2-5,12H2,1H3,(H,24,28)(H,25,27)/t19-/m0/s1. The Morgan fingerprint density at radius 2 is 1.82 bits per heavy atom. The van der Waals surface area contributed by atoms with Crippen molar-refractivity contribution in [3.05, 3.63) is 58.6 Å². The lowest BCUT2D eigenvalue weighted by atomic mass is 9.97. The summed E-state index contributed by atoms with van der Waals surface area (Å²) in [5, 5.41) is 16.0. The Labute approximate surface area is 170 Å². The van der Waals surface area contributed by atoms with Crippen LogP contribution in [0.4, 0.5) is 5.69 Å². The lowest BCUT2D eigenvalue weighted by Gasteiger charge is -2.22. The van der Waals surface area contributed by atoms with Crippen LogP contribution in [0.1, 0.15) is 48.0 Å². The van der Waals surface area contributed by atoms with E-state index in [0.29, 0.717) is 23.0 Å². The number of phenols is 1. The molecule has 1 fully saturated rings. The van der Waals surface area contributed by atoms with Crippen molar-refractivity contribution in [2.24, 2.45) is 5.92 Å². The summed E-state index contributed by atoms with van der Waals surface area (Å²) in [6, 6.07) is 11.1. The number of anilines is 1. The molecular weight excluding hydrogens is 376 g/mol. The lowest BCUT2D eigenvalue weighted by molar-refractivity contribution is -0.118. The molecule has 0 bridgehead atoms. The number of aromatic hydroxyl groups is 1. The summed E-state index contributed by atoms with van der Waals surface area (Å²) in [5.41, 5.74) is 1.85. The van der Waals surface area contributed by atoms with Gasteiger partial charge in [0.15, 0.2) is 0 Å². The number of hydrogen-bond acceptors (Lipinski definition) is 3. The summed E-state index contributed by atoms with van der Waals surface area (Å²) in [6.45, 7) is 1.98. The smallest absolute Gasteiger partial charge is 0.255 e. The molecule has 1 aliphatic rings. The van der Waals surface area contributed by atoms with Crippen LogP contribution in [0.3, 0.4) is 0 Å². The summed E-state index contributed by atoms with van der Waals surface area (Å²) >= 11 is 5.95. The summed E-state index contributed by atoms with van der Waals surface area (Å²) in [7, 11) is 0. The first-order valence-corrected chi connectivity index (χ1v) is 9.97. The summed E-state index contributed by atoms with van der Waals surface area (Å²) in [6.07, 6.45) is 5.00. The van der Waals surface area contributed by atoms with Crippen LogP contribution in [-0.4, -0.2) is 23.0 Å². The van der Waals surface area contributed by atoms with E-state index in [1.54, 1.807) is 0 Å². The Kier molecular flexibility index (Phi) is 6.57. The van der Waals surface area contributed by atoms with Crippen molar-refractivity contribution in [2.45, 2.75) is 45.1 Å². The maximum absolute atomic E-state index is 12.9. The molecule has 1 atom stereocenters. The van der Waals surface area contributed by atoms with E-state index < -0.39 is 11.9 Å². The topological polar surface area (TPSA) is 78.4 Å². The van der Waals surface area contributed by atoms with Crippen LogP contribution in [0, 0.1) is 12.8 Å². The number of amides is 2. The monoisotopic (exact) mass is 400 g/mol. The van der Waals surface area contributed by atoms with E-state index in [9.17, 15) is 14.7 Å². The van der Waals surface area contributed by atoms with Gasteiger partial charge in [0.1, 0.15) is 11.8 Å². The first-order valence-electron chi connectivity index (χ1n) is 9.59. The van der Waals surface area contributed by atoms with E-state index in [0.717, 1.165) is 31.2 Å². The molecule has 0 saturated heterocycles. The van der Waals surface area contributed by atoms with E-state index in [-0.39, 0.29) is 17.2 Å². The molecule has 3 N–H and O–H groups in total. The first kappa shape index (κ1) is 20.2. The molecule has 0 heterocycles. The minimum atomic E-state index is -0.685. The molecule has 148 valence electrons. The van der Waals surface area contributed by atoms with Crippen molar-refractivity contribution in [3.8, 4) is 5.75 Å². The van der Waals surface area contributed by atoms with Gasteiger partial charge in [0.05, 0.1) is 5.56 Å². The van der Waals surface area contributed by atoms with E-state index in [2.05, 4.69) is 10.6 Å². The molecule has 28 heavy (non-hydrogen) atoms. The molecule has 2 aromatic carbocycles. The van der Waals surface area contributed by atoms with Crippen LogP contribution >= 0.6 is 11.6 Å². The zero-order chi connectivity index (χ0) is 20.1. The molecule has 2 aromatic rings. The number of nitrogens with one attached hydrogen (secondary N) is 2. The summed E-state index contributed by atoms with van der Waals surface area (Å²) in [5.74, 6) is -0.532. The largest absolute Gasteiger partial charge is 0.507 e. The fraction of sp³-hybridized carbons (Fsp3) is 0.364. The van der Waals surface area contributed by atoms with E-state index in [1.165, 1.54) is 18.2 Å². The third-order valence-corrected chi connectivity index (χ3v) is 5.42. The molecule has 0 aromatic heterocycles. The second-order valence-corrected chi connectivity index (χ2v) is 7.87. The van der Waals surface area contributed by atoms with Gasteiger partial charge in [-0.3, -0.25) is 9.59 Å². The number of hydrogen-bond donors (Lipinski definition) is 3. The zero-order valence-corrected chi connectivity index (χ0v) is 16.6. The molecule has 2 amide bonds. The SMILES string of the molecule is Cc1ccc(NC(=O)[C@H](CC2CCCC2)NC(=O)c2cc(Cl)ccc2O)cc1. The van der Waals surface area contributed by atoms with E-state index >= 15 is 0 Å². The van der Waals surface area contributed by atoms with Crippen molar-refractivity contribution >= 4 is 29.1 Å². The van der Waals surface area contributed by atoms with Gasteiger partial charge >= 0.3 is 0 Å². The van der Waals surface area contributed by atoms with Crippen molar-refractivity contribution in [2.75, 3.05) is 5.32 Å². The molecule has 6 heteroatoms. The van der Waals surface area contributed by atoms with Gasteiger partial charge in [-0.25, -0.2) is 0 Å². The minimum Gasteiger partial charge on any atom is -0.507 e. The Morgan fingerprint density at radius 3 is 2.50 bits per heavy atom. The second-order valence-electron chi connectivity index (χ2n) is 7.43. The maximum Gasteiger partial charge on any atom is 0.255 e. The van der Waals surface area contributed by atoms with Crippen molar-refractivity contribution in [3.63, 3.8) is 0 Å². The van der Waals surface area contributed by atoms with Gasteiger partial charge in [0.2, 0.25) is 5.91 Å².